The molecule has 0 unspecified atom stereocenters. The van der Waals surface area contributed by atoms with E-state index >= 15 is 0 Å². The minimum Gasteiger partial charge on any atom is -0.478 e. The van der Waals surface area contributed by atoms with E-state index < -0.39 is 17.7 Å². The molecule has 0 aliphatic heterocycles. The Balaban J connectivity index is 2.26. The molecule has 1 heterocycles. The molecule has 0 bridgehead atoms. The topological polar surface area (TPSA) is 42.2 Å². The van der Waals surface area contributed by atoms with E-state index in [1.54, 1.807) is 28.8 Å². The SMILES string of the molecule is O=C(O)/C=C/c1cc2cc(Cl)ccc2n1-c1cccc(C(F)(F)F)c1. The molecule has 1 aromatic heterocycles. The smallest absolute Gasteiger partial charge is 0.416 e. The van der Waals surface area contributed by atoms with Crippen molar-refractivity contribution in [3.63, 3.8) is 0 Å². The van der Waals surface area contributed by atoms with Crippen molar-refractivity contribution in [3.8, 4) is 5.69 Å². The van der Waals surface area contributed by atoms with Gasteiger partial charge in [-0.3, -0.25) is 0 Å². The number of aromatic nitrogens is 1. The van der Waals surface area contributed by atoms with E-state index in [4.69, 9.17) is 16.7 Å². The summed E-state index contributed by atoms with van der Waals surface area (Å²) in [5.74, 6) is -1.15. The van der Waals surface area contributed by atoms with E-state index in [1.807, 2.05) is 0 Å². The van der Waals surface area contributed by atoms with Crippen LogP contribution in [0.1, 0.15) is 11.3 Å². The number of hydrogen-bond donors (Lipinski definition) is 1. The molecule has 0 saturated heterocycles. The van der Waals surface area contributed by atoms with Crippen molar-refractivity contribution in [3.05, 3.63) is 70.9 Å². The number of carboxylic acid groups (broad SMARTS) is 1. The van der Waals surface area contributed by atoms with Crippen LogP contribution in [0, 0.1) is 0 Å². The first-order chi connectivity index (χ1) is 11.8. The number of halogens is 4. The van der Waals surface area contributed by atoms with Crippen LogP contribution in [-0.2, 0) is 11.0 Å². The van der Waals surface area contributed by atoms with E-state index in [2.05, 4.69) is 0 Å². The van der Waals surface area contributed by atoms with Gasteiger partial charge in [0.15, 0.2) is 0 Å². The third kappa shape index (κ3) is 3.53. The first kappa shape index (κ1) is 17.1. The minimum absolute atomic E-state index is 0.275. The molecule has 3 nitrogen and oxygen atoms in total. The van der Waals surface area contributed by atoms with Crippen molar-refractivity contribution < 1.29 is 23.1 Å². The Hall–Kier alpha value is -2.73. The third-order valence-electron chi connectivity index (χ3n) is 3.62. The van der Waals surface area contributed by atoms with Crippen molar-refractivity contribution in [2.75, 3.05) is 0 Å². The fourth-order valence-electron chi connectivity index (χ4n) is 2.60. The highest BCUT2D eigenvalue weighted by Crippen LogP contribution is 2.33. The number of aliphatic carboxylic acids is 1. The van der Waals surface area contributed by atoms with Gasteiger partial charge in [0, 0.05) is 27.9 Å². The fraction of sp³-hybridized carbons (Fsp3) is 0.0556. The second-order valence-electron chi connectivity index (χ2n) is 5.33. The quantitative estimate of drug-likeness (QED) is 0.631. The number of alkyl halides is 3. The summed E-state index contributed by atoms with van der Waals surface area (Å²) >= 11 is 5.97. The molecule has 0 fully saturated rings. The highest BCUT2D eigenvalue weighted by Gasteiger charge is 2.30. The lowest BCUT2D eigenvalue weighted by Gasteiger charge is -2.12. The van der Waals surface area contributed by atoms with Gasteiger partial charge in [-0.05, 0) is 48.5 Å². The molecule has 2 aromatic carbocycles. The normalized spacial score (nSPS) is 12.2. The molecule has 0 spiro atoms. The number of fused-ring (bicyclic) bond motifs is 1. The Bertz CT molecular complexity index is 990. The van der Waals surface area contributed by atoms with Crippen molar-refractivity contribution in [1.29, 1.82) is 0 Å². The predicted molar refractivity (Wildman–Crippen MR) is 90.0 cm³/mol. The number of benzene rings is 2. The highest BCUT2D eigenvalue weighted by atomic mass is 35.5. The predicted octanol–water partition coefficient (Wildman–Crippen LogP) is 5.40. The zero-order valence-electron chi connectivity index (χ0n) is 12.6. The van der Waals surface area contributed by atoms with Crippen LogP contribution in [0.25, 0.3) is 22.7 Å². The van der Waals surface area contributed by atoms with Crippen LogP contribution >= 0.6 is 11.6 Å². The molecule has 0 amide bonds. The molecular formula is C18H11ClF3NO2. The molecule has 0 atom stereocenters. The zero-order chi connectivity index (χ0) is 18.2. The molecule has 3 rings (SSSR count). The monoisotopic (exact) mass is 365 g/mol. The molecule has 3 aromatic rings. The van der Waals surface area contributed by atoms with Gasteiger partial charge in [-0.15, -0.1) is 0 Å². The van der Waals surface area contributed by atoms with Gasteiger partial charge in [0.1, 0.15) is 0 Å². The number of hydrogen-bond acceptors (Lipinski definition) is 1. The summed E-state index contributed by atoms with van der Waals surface area (Å²) in [4.78, 5) is 10.8. The van der Waals surface area contributed by atoms with Crippen molar-refractivity contribution in [2.45, 2.75) is 6.18 Å². The zero-order valence-corrected chi connectivity index (χ0v) is 13.3. The molecule has 0 saturated carbocycles. The number of rotatable bonds is 3. The van der Waals surface area contributed by atoms with Crippen molar-refractivity contribution >= 4 is 34.5 Å². The van der Waals surface area contributed by atoms with Gasteiger partial charge in [-0.25, -0.2) is 4.79 Å². The summed E-state index contributed by atoms with van der Waals surface area (Å²) in [6.45, 7) is 0. The molecule has 128 valence electrons. The Labute approximate surface area is 145 Å². The van der Waals surface area contributed by atoms with Gasteiger partial charge < -0.3 is 9.67 Å². The van der Waals surface area contributed by atoms with Crippen LogP contribution in [0.5, 0.6) is 0 Å². The summed E-state index contributed by atoms with van der Waals surface area (Å²) in [5.41, 5.74) is 0.541. The second kappa shape index (κ2) is 6.29. The van der Waals surface area contributed by atoms with Crippen LogP contribution in [0.4, 0.5) is 13.2 Å². The van der Waals surface area contributed by atoms with Gasteiger partial charge >= 0.3 is 12.1 Å². The molecule has 1 N–H and O–H groups in total. The van der Waals surface area contributed by atoms with E-state index in [0.717, 1.165) is 18.2 Å². The van der Waals surface area contributed by atoms with Gasteiger partial charge in [0.2, 0.25) is 0 Å². The average molecular weight is 366 g/mol. The Kier molecular flexibility index (Phi) is 4.30. The lowest BCUT2D eigenvalue weighted by Crippen LogP contribution is -2.06. The van der Waals surface area contributed by atoms with Crippen LogP contribution < -0.4 is 0 Å². The Morgan fingerprint density at radius 2 is 1.88 bits per heavy atom. The fourth-order valence-corrected chi connectivity index (χ4v) is 2.78. The van der Waals surface area contributed by atoms with E-state index in [9.17, 15) is 18.0 Å². The maximum Gasteiger partial charge on any atom is 0.416 e. The van der Waals surface area contributed by atoms with Gasteiger partial charge in [0.25, 0.3) is 0 Å². The van der Waals surface area contributed by atoms with E-state index in [0.29, 0.717) is 21.6 Å². The molecule has 0 radical (unpaired) electrons. The summed E-state index contributed by atoms with van der Waals surface area (Å²) in [6, 6.07) is 11.5. The first-order valence-corrected chi connectivity index (χ1v) is 7.53. The minimum atomic E-state index is -4.47. The van der Waals surface area contributed by atoms with Crippen LogP contribution in [0.2, 0.25) is 5.02 Å². The summed E-state index contributed by atoms with van der Waals surface area (Å²) in [7, 11) is 0. The highest BCUT2D eigenvalue weighted by molar-refractivity contribution is 6.31. The van der Waals surface area contributed by atoms with Crippen molar-refractivity contribution in [1.82, 2.24) is 4.57 Å². The Morgan fingerprint density at radius 3 is 2.56 bits per heavy atom. The summed E-state index contributed by atoms with van der Waals surface area (Å²) in [5, 5.41) is 10.0. The maximum absolute atomic E-state index is 13.0. The average Bonchev–Trinajstić information content (AvgIpc) is 2.89. The summed E-state index contributed by atoms with van der Waals surface area (Å²) in [6.07, 6.45) is -2.21. The molecule has 25 heavy (non-hydrogen) atoms. The number of nitrogens with zero attached hydrogens (tertiary/aromatic N) is 1. The number of carbonyl (C=O) groups is 1. The molecule has 0 aliphatic rings. The van der Waals surface area contributed by atoms with Gasteiger partial charge in [-0.1, -0.05) is 17.7 Å². The summed E-state index contributed by atoms with van der Waals surface area (Å²) < 4.78 is 40.6. The first-order valence-electron chi connectivity index (χ1n) is 7.15. The molecule has 0 aliphatic carbocycles. The Morgan fingerprint density at radius 1 is 1.12 bits per heavy atom. The van der Waals surface area contributed by atoms with Crippen LogP contribution in [0.15, 0.2) is 54.6 Å². The standard InChI is InChI=1S/C18H11ClF3NO2/c19-13-4-6-16-11(8-13)9-15(5-7-17(24)25)23(16)14-3-1-2-12(10-14)18(20,21)22/h1-10H,(H,24,25)/b7-5+. The van der Waals surface area contributed by atoms with Crippen LogP contribution in [-0.4, -0.2) is 15.6 Å². The van der Waals surface area contributed by atoms with Gasteiger partial charge in [0.05, 0.1) is 11.1 Å². The molecular weight excluding hydrogens is 355 g/mol. The van der Waals surface area contributed by atoms with E-state index in [-0.39, 0.29) is 5.69 Å². The lowest BCUT2D eigenvalue weighted by atomic mass is 10.2. The lowest BCUT2D eigenvalue weighted by molar-refractivity contribution is -0.137. The third-order valence-corrected chi connectivity index (χ3v) is 3.86. The second-order valence-corrected chi connectivity index (χ2v) is 5.76. The maximum atomic E-state index is 13.0. The van der Waals surface area contributed by atoms with Gasteiger partial charge in [-0.2, -0.15) is 13.2 Å². The van der Waals surface area contributed by atoms with E-state index in [1.165, 1.54) is 18.2 Å². The van der Waals surface area contributed by atoms with Crippen molar-refractivity contribution in [2.24, 2.45) is 0 Å². The number of carboxylic acids is 1. The molecule has 7 heteroatoms. The van der Waals surface area contributed by atoms with Crippen LogP contribution in [0.3, 0.4) is 0 Å². The largest absolute Gasteiger partial charge is 0.478 e.